The summed E-state index contributed by atoms with van der Waals surface area (Å²) in [6.45, 7) is 0.876. The van der Waals surface area contributed by atoms with Gasteiger partial charge in [0, 0.05) is 0 Å². The molecule has 2 N–H and O–H groups in total. The van der Waals surface area contributed by atoms with Gasteiger partial charge in [-0.3, -0.25) is 9.59 Å². The number of carboxylic acid groups (broad SMARTS) is 2. The van der Waals surface area contributed by atoms with Crippen LogP contribution in [0.2, 0.25) is 0 Å². The van der Waals surface area contributed by atoms with Crippen molar-refractivity contribution in [2.24, 2.45) is 22.0 Å². The minimum absolute atomic E-state index is 0.198. The van der Waals surface area contributed by atoms with Crippen LogP contribution in [0, 0.1) is 11.8 Å². The molecule has 3 aliphatic rings. The van der Waals surface area contributed by atoms with Gasteiger partial charge in [-0.05, 0) is 50.1 Å². The Labute approximate surface area is 154 Å². The van der Waals surface area contributed by atoms with Crippen molar-refractivity contribution in [3.8, 4) is 0 Å². The highest BCUT2D eigenvalue weighted by molar-refractivity contribution is 7.78. The van der Waals surface area contributed by atoms with E-state index in [-0.39, 0.29) is 17.0 Å². The number of hydrogen-bond acceptors (Lipinski definition) is 8. The fourth-order valence-corrected chi connectivity index (χ4v) is 4.52. The van der Waals surface area contributed by atoms with Gasteiger partial charge < -0.3 is 10.2 Å². The lowest BCUT2D eigenvalue weighted by Gasteiger charge is -2.36. The molecule has 4 atom stereocenters. The number of nitrogens with zero attached hydrogens (tertiary/aromatic N) is 5. The van der Waals surface area contributed by atoms with E-state index < -0.39 is 23.8 Å². The maximum atomic E-state index is 11.5. The number of rotatable bonds is 4. The Morgan fingerprint density at radius 2 is 1.32 bits per heavy atom. The number of piperidine rings is 2. The van der Waals surface area contributed by atoms with Gasteiger partial charge in [-0.1, -0.05) is 10.0 Å². The van der Waals surface area contributed by atoms with Crippen molar-refractivity contribution in [3.63, 3.8) is 0 Å². The first kappa shape index (κ1) is 18.2. The van der Waals surface area contributed by atoms with Crippen molar-refractivity contribution in [1.29, 1.82) is 0 Å². The molecule has 0 aromatic heterocycles. The average molecular weight is 384 g/mol. The lowest BCUT2D eigenvalue weighted by atomic mass is 9.82. The van der Waals surface area contributed by atoms with Gasteiger partial charge >= 0.3 is 11.9 Å². The van der Waals surface area contributed by atoms with Crippen LogP contribution in [0.4, 0.5) is 0 Å². The van der Waals surface area contributed by atoms with Crippen LogP contribution >= 0.6 is 24.4 Å². The smallest absolute Gasteiger partial charge is 0.306 e. The molecule has 11 heteroatoms. The Kier molecular flexibility index (Phi) is 5.08. The van der Waals surface area contributed by atoms with Gasteiger partial charge in [0.25, 0.3) is 0 Å². The molecule has 0 saturated carbocycles. The second-order valence-corrected chi connectivity index (χ2v) is 6.86. The molecule has 3 saturated heterocycles. The van der Waals surface area contributed by atoms with E-state index in [9.17, 15) is 19.8 Å². The predicted octanol–water partition coefficient (Wildman–Crippen LogP) is 1.01. The molecular formula is C14H18N5O4S2+. The Balaban J connectivity index is 2.03. The lowest BCUT2D eigenvalue weighted by molar-refractivity contribution is -1.13. The fourth-order valence-electron chi connectivity index (χ4n) is 4.31. The van der Waals surface area contributed by atoms with E-state index in [1.807, 2.05) is 10.0 Å². The fraction of sp³-hybridized carbons (Fsp3) is 0.714. The number of quaternary nitrogens is 1. The Bertz CT molecular complexity index is 633. The van der Waals surface area contributed by atoms with Gasteiger partial charge in [-0.25, -0.2) is 0 Å². The van der Waals surface area contributed by atoms with Gasteiger partial charge in [0.15, 0.2) is 0 Å². The third kappa shape index (κ3) is 2.94. The topological polar surface area (TPSA) is 106 Å². The molecule has 0 spiro atoms. The van der Waals surface area contributed by atoms with E-state index in [1.54, 1.807) is 0 Å². The third-order valence-electron chi connectivity index (χ3n) is 5.41. The molecule has 4 unspecified atom stereocenters. The molecule has 0 aliphatic carbocycles. The Morgan fingerprint density at radius 3 is 1.64 bits per heavy atom. The van der Waals surface area contributed by atoms with E-state index in [1.165, 1.54) is 0 Å². The summed E-state index contributed by atoms with van der Waals surface area (Å²) in [5, 5.41) is 35.8. The summed E-state index contributed by atoms with van der Waals surface area (Å²) in [5.74, 6) is -2.61. The molecule has 0 amide bonds. The van der Waals surface area contributed by atoms with Crippen molar-refractivity contribution in [2.45, 2.75) is 37.8 Å². The summed E-state index contributed by atoms with van der Waals surface area (Å²) in [6.07, 6.45) is 1.72. The van der Waals surface area contributed by atoms with Crippen LogP contribution in [0.1, 0.15) is 25.7 Å². The largest absolute Gasteiger partial charge is 0.481 e. The Hall–Kier alpha value is -1.58. The third-order valence-corrected chi connectivity index (χ3v) is 5.58. The van der Waals surface area contributed by atoms with E-state index in [4.69, 9.17) is 24.4 Å². The molecule has 0 radical (unpaired) electrons. The highest BCUT2D eigenvalue weighted by Gasteiger charge is 2.65. The van der Waals surface area contributed by atoms with Crippen LogP contribution in [0.5, 0.6) is 0 Å². The van der Waals surface area contributed by atoms with E-state index in [0.717, 1.165) is 0 Å². The van der Waals surface area contributed by atoms with Gasteiger partial charge in [-0.2, -0.15) is 0 Å². The lowest BCUT2D eigenvalue weighted by Crippen LogP contribution is -2.59. The molecule has 9 nitrogen and oxygen atoms in total. The number of carbonyl (C=O) groups is 2. The molecule has 0 aromatic rings. The van der Waals surface area contributed by atoms with E-state index in [0.29, 0.717) is 38.8 Å². The minimum atomic E-state index is -0.835. The number of carboxylic acids is 2. The molecule has 3 fully saturated rings. The van der Waals surface area contributed by atoms with Crippen molar-refractivity contribution >= 4 is 46.7 Å². The van der Waals surface area contributed by atoms with Crippen LogP contribution in [-0.4, -0.2) is 72.6 Å². The molecule has 3 aliphatic heterocycles. The second kappa shape index (κ2) is 6.97. The summed E-state index contributed by atoms with van der Waals surface area (Å²) in [6, 6.07) is -0.396. The first-order valence-electron chi connectivity index (χ1n) is 8.02. The van der Waals surface area contributed by atoms with Crippen LogP contribution in [0.3, 0.4) is 0 Å². The van der Waals surface area contributed by atoms with E-state index in [2.05, 4.69) is 20.5 Å². The molecule has 25 heavy (non-hydrogen) atoms. The molecule has 134 valence electrons. The maximum Gasteiger partial charge on any atom is 0.306 e. The molecule has 0 aromatic carbocycles. The molecular weight excluding hydrogens is 366 g/mol. The maximum absolute atomic E-state index is 11.5. The summed E-state index contributed by atoms with van der Waals surface area (Å²) in [5.41, 5.74) is 0. The van der Waals surface area contributed by atoms with Gasteiger partial charge in [0.2, 0.25) is 0 Å². The second-order valence-electron chi connectivity index (χ2n) is 6.50. The average Bonchev–Trinajstić information content (AvgIpc) is 2.85. The van der Waals surface area contributed by atoms with Crippen molar-refractivity contribution in [2.75, 3.05) is 13.1 Å². The molecule has 3 rings (SSSR count). The number of isothiocyanates is 2. The van der Waals surface area contributed by atoms with E-state index >= 15 is 0 Å². The van der Waals surface area contributed by atoms with Crippen LogP contribution in [0.25, 0.3) is 0 Å². The molecule has 3 heterocycles. The highest BCUT2D eigenvalue weighted by Crippen LogP contribution is 2.45. The van der Waals surface area contributed by atoms with Gasteiger partial charge in [0.05, 0.1) is 52.1 Å². The first-order valence-corrected chi connectivity index (χ1v) is 8.84. The van der Waals surface area contributed by atoms with Crippen LogP contribution < -0.4 is 0 Å². The minimum Gasteiger partial charge on any atom is -0.481 e. The summed E-state index contributed by atoms with van der Waals surface area (Å²) >= 11 is 9.59. The quantitative estimate of drug-likeness (QED) is 0.420. The summed E-state index contributed by atoms with van der Waals surface area (Å²) < 4.78 is 0. The summed E-state index contributed by atoms with van der Waals surface area (Å²) in [7, 11) is 0. The molecule has 0 bridgehead atoms. The zero-order valence-electron chi connectivity index (χ0n) is 13.3. The monoisotopic (exact) mass is 384 g/mol. The number of hydrogen-bond donors (Lipinski definition) is 2. The first-order chi connectivity index (χ1) is 11.9. The SMILES string of the molecule is O=C(O)C1CCN2C(C1)C1CC(C(=O)O)CCN1[N+]2(N=C=S)N=C=S. The Morgan fingerprint density at radius 1 is 0.920 bits per heavy atom. The number of fused-ring (bicyclic) bond motifs is 3. The van der Waals surface area contributed by atoms with Crippen LogP contribution in [-0.2, 0) is 9.59 Å². The zero-order chi connectivity index (χ0) is 18.2. The normalized spacial score (nSPS) is 37.9. The van der Waals surface area contributed by atoms with Crippen molar-refractivity contribution < 1.29 is 24.7 Å². The zero-order valence-corrected chi connectivity index (χ0v) is 14.9. The van der Waals surface area contributed by atoms with Crippen LogP contribution in [0.15, 0.2) is 10.2 Å². The summed E-state index contributed by atoms with van der Waals surface area (Å²) in [4.78, 5) is 22.5. The number of thiocarbonyl (C=S) groups is 2. The standard InChI is InChI=1S/C14H17N5O4S2/c20-13(21)9-1-3-17-11(5-9)12-6-10(14(22)23)2-4-18(12)19(17,15-7-24)16-8-25/h9-12H,1-6H2,(H-,20,21,22,23)/p+1. The van der Waals surface area contributed by atoms with Crippen molar-refractivity contribution in [3.05, 3.63) is 0 Å². The predicted molar refractivity (Wildman–Crippen MR) is 92.0 cm³/mol. The van der Waals surface area contributed by atoms with Gasteiger partial charge in [-0.15, -0.1) is 0 Å². The van der Waals surface area contributed by atoms with Gasteiger partial charge in [0.1, 0.15) is 10.3 Å². The number of aliphatic carboxylic acids is 2. The van der Waals surface area contributed by atoms with Crippen molar-refractivity contribution in [1.82, 2.24) is 10.0 Å². The highest BCUT2D eigenvalue weighted by atomic mass is 32.1.